The van der Waals surface area contributed by atoms with Crippen LogP contribution < -0.4 is 0 Å². The Bertz CT molecular complexity index is 747. The van der Waals surface area contributed by atoms with Crippen LogP contribution in [-0.2, 0) is 6.54 Å². The zero-order chi connectivity index (χ0) is 13.4. The number of hydrogen-bond acceptors (Lipinski definition) is 4. The number of aryl methyl sites for hydroxylation is 1. The molecule has 1 aromatic carbocycles. The van der Waals surface area contributed by atoms with E-state index in [1.807, 2.05) is 23.6 Å². The Morgan fingerprint density at radius 1 is 1.47 bits per heavy atom. The van der Waals surface area contributed by atoms with Gasteiger partial charge in [0.15, 0.2) is 6.29 Å². The maximum atomic E-state index is 11.4. The standard InChI is InChI=1S/C13H10ClN3O2/c1-2-17-11-5-8(14)3-4-9(11)10(6-18)12(17)13-16-15-7-19-13/h3-7H,2H2,1H3. The minimum absolute atomic E-state index is 0.330. The highest BCUT2D eigenvalue weighted by atomic mass is 35.5. The molecule has 0 unspecified atom stereocenters. The lowest BCUT2D eigenvalue weighted by atomic mass is 10.1. The number of hydrogen-bond donors (Lipinski definition) is 0. The number of benzene rings is 1. The van der Waals surface area contributed by atoms with E-state index in [1.54, 1.807) is 6.07 Å². The Morgan fingerprint density at radius 3 is 2.95 bits per heavy atom. The van der Waals surface area contributed by atoms with Crippen LogP contribution in [0.3, 0.4) is 0 Å². The van der Waals surface area contributed by atoms with E-state index in [1.165, 1.54) is 6.39 Å². The van der Waals surface area contributed by atoms with E-state index in [2.05, 4.69) is 10.2 Å². The van der Waals surface area contributed by atoms with Gasteiger partial charge in [0.1, 0.15) is 5.69 Å². The zero-order valence-corrected chi connectivity index (χ0v) is 10.9. The third kappa shape index (κ3) is 1.74. The Morgan fingerprint density at radius 2 is 2.32 bits per heavy atom. The topological polar surface area (TPSA) is 60.9 Å². The molecule has 0 saturated heterocycles. The van der Waals surface area contributed by atoms with Gasteiger partial charge < -0.3 is 8.98 Å². The van der Waals surface area contributed by atoms with Crippen LogP contribution in [0.2, 0.25) is 5.02 Å². The first-order chi connectivity index (χ1) is 9.26. The molecule has 0 saturated carbocycles. The van der Waals surface area contributed by atoms with Crippen LogP contribution in [0.4, 0.5) is 0 Å². The first kappa shape index (κ1) is 11.9. The van der Waals surface area contributed by atoms with E-state index in [9.17, 15) is 4.79 Å². The van der Waals surface area contributed by atoms with E-state index in [0.717, 1.165) is 17.2 Å². The van der Waals surface area contributed by atoms with Crippen molar-refractivity contribution in [2.24, 2.45) is 0 Å². The van der Waals surface area contributed by atoms with Crippen LogP contribution in [-0.4, -0.2) is 21.1 Å². The highest BCUT2D eigenvalue weighted by molar-refractivity contribution is 6.31. The Labute approximate surface area is 113 Å². The van der Waals surface area contributed by atoms with Crippen molar-refractivity contribution in [3.63, 3.8) is 0 Å². The molecule has 0 aliphatic rings. The number of rotatable bonds is 3. The highest BCUT2D eigenvalue weighted by Gasteiger charge is 2.20. The number of carbonyl (C=O) groups is 1. The van der Waals surface area contributed by atoms with Crippen LogP contribution in [0, 0.1) is 0 Å². The number of nitrogens with zero attached hydrogens (tertiary/aromatic N) is 3. The summed E-state index contributed by atoms with van der Waals surface area (Å²) >= 11 is 6.02. The van der Waals surface area contributed by atoms with Crippen molar-refractivity contribution in [2.75, 3.05) is 0 Å². The quantitative estimate of drug-likeness (QED) is 0.689. The predicted molar refractivity (Wildman–Crippen MR) is 71.3 cm³/mol. The SMILES string of the molecule is CCn1c(-c2nnco2)c(C=O)c2ccc(Cl)cc21. The average Bonchev–Trinajstić information content (AvgIpc) is 3.02. The Hall–Kier alpha value is -2.14. The van der Waals surface area contributed by atoms with Crippen molar-refractivity contribution >= 4 is 28.8 Å². The molecule has 0 radical (unpaired) electrons. The van der Waals surface area contributed by atoms with Gasteiger partial charge in [0, 0.05) is 17.0 Å². The summed E-state index contributed by atoms with van der Waals surface area (Å²) in [5.41, 5.74) is 2.05. The smallest absolute Gasteiger partial charge is 0.264 e. The summed E-state index contributed by atoms with van der Waals surface area (Å²) in [6.45, 7) is 2.65. The maximum absolute atomic E-state index is 11.4. The van der Waals surface area contributed by atoms with E-state index < -0.39 is 0 Å². The first-order valence-corrected chi connectivity index (χ1v) is 6.17. The van der Waals surface area contributed by atoms with Gasteiger partial charge in [-0.3, -0.25) is 4.79 Å². The molecular weight excluding hydrogens is 266 g/mol. The van der Waals surface area contributed by atoms with Crippen molar-refractivity contribution in [3.05, 3.63) is 35.2 Å². The molecule has 5 nitrogen and oxygen atoms in total. The van der Waals surface area contributed by atoms with Crippen LogP contribution >= 0.6 is 11.6 Å². The molecule has 0 aliphatic carbocycles. The molecule has 0 N–H and O–H groups in total. The zero-order valence-electron chi connectivity index (χ0n) is 10.1. The second-order valence-electron chi connectivity index (χ2n) is 4.03. The summed E-state index contributed by atoms with van der Waals surface area (Å²) in [7, 11) is 0. The molecule has 2 aromatic heterocycles. The van der Waals surface area contributed by atoms with Gasteiger partial charge in [-0.2, -0.15) is 0 Å². The second kappa shape index (κ2) is 4.51. The third-order valence-corrected chi connectivity index (χ3v) is 3.30. The fourth-order valence-corrected chi connectivity index (χ4v) is 2.47. The van der Waals surface area contributed by atoms with Crippen molar-refractivity contribution in [1.82, 2.24) is 14.8 Å². The van der Waals surface area contributed by atoms with Gasteiger partial charge >= 0.3 is 0 Å². The highest BCUT2D eigenvalue weighted by Crippen LogP contribution is 2.33. The first-order valence-electron chi connectivity index (χ1n) is 5.79. The maximum Gasteiger partial charge on any atom is 0.264 e. The number of carbonyl (C=O) groups excluding carboxylic acids is 1. The monoisotopic (exact) mass is 275 g/mol. The summed E-state index contributed by atoms with van der Waals surface area (Å²) < 4.78 is 7.17. The molecule has 3 rings (SSSR count). The van der Waals surface area contributed by atoms with Crippen LogP contribution in [0.25, 0.3) is 22.5 Å². The minimum atomic E-state index is 0.330. The third-order valence-electron chi connectivity index (χ3n) is 3.06. The Kier molecular flexibility index (Phi) is 2.83. The largest absolute Gasteiger partial charge is 0.422 e. The minimum Gasteiger partial charge on any atom is -0.422 e. The van der Waals surface area contributed by atoms with E-state index in [0.29, 0.717) is 28.7 Å². The number of aldehydes is 1. The number of fused-ring (bicyclic) bond motifs is 1. The summed E-state index contributed by atoms with van der Waals surface area (Å²) in [5, 5.41) is 9.00. The van der Waals surface area contributed by atoms with Gasteiger partial charge in [-0.1, -0.05) is 17.7 Å². The molecule has 0 spiro atoms. The molecule has 96 valence electrons. The summed E-state index contributed by atoms with van der Waals surface area (Å²) in [4.78, 5) is 11.4. The van der Waals surface area contributed by atoms with Crippen molar-refractivity contribution < 1.29 is 9.21 Å². The number of aromatic nitrogens is 3. The second-order valence-corrected chi connectivity index (χ2v) is 4.47. The van der Waals surface area contributed by atoms with Crippen LogP contribution in [0.1, 0.15) is 17.3 Å². The van der Waals surface area contributed by atoms with Gasteiger partial charge in [-0.25, -0.2) is 0 Å². The van der Waals surface area contributed by atoms with Crippen molar-refractivity contribution in [2.45, 2.75) is 13.5 Å². The summed E-state index contributed by atoms with van der Waals surface area (Å²) in [5.74, 6) is 0.330. The fraction of sp³-hybridized carbons (Fsp3) is 0.154. The predicted octanol–water partition coefficient (Wildman–Crippen LogP) is 3.18. The van der Waals surface area contributed by atoms with Crippen molar-refractivity contribution in [1.29, 1.82) is 0 Å². The summed E-state index contributed by atoms with van der Waals surface area (Å²) in [6, 6.07) is 5.41. The Balaban J connectivity index is 2.45. The average molecular weight is 276 g/mol. The van der Waals surface area contributed by atoms with Crippen molar-refractivity contribution in [3.8, 4) is 11.6 Å². The van der Waals surface area contributed by atoms with E-state index in [4.69, 9.17) is 16.0 Å². The van der Waals surface area contributed by atoms with Gasteiger partial charge in [0.05, 0.1) is 11.1 Å². The molecule has 2 heterocycles. The number of halogens is 1. The van der Waals surface area contributed by atoms with Gasteiger partial charge in [0.25, 0.3) is 5.89 Å². The fourth-order valence-electron chi connectivity index (χ4n) is 2.30. The lowest BCUT2D eigenvalue weighted by Crippen LogP contribution is -1.98. The molecule has 0 aliphatic heterocycles. The molecule has 0 fully saturated rings. The molecule has 3 aromatic rings. The normalized spacial score (nSPS) is 11.1. The molecule has 0 atom stereocenters. The lowest BCUT2D eigenvalue weighted by Gasteiger charge is -2.04. The van der Waals surface area contributed by atoms with Gasteiger partial charge in [-0.15, -0.1) is 10.2 Å². The molecule has 0 bridgehead atoms. The van der Waals surface area contributed by atoms with E-state index >= 15 is 0 Å². The molecule has 19 heavy (non-hydrogen) atoms. The van der Waals surface area contributed by atoms with Crippen LogP contribution in [0.5, 0.6) is 0 Å². The molecule has 0 amide bonds. The van der Waals surface area contributed by atoms with Gasteiger partial charge in [0.2, 0.25) is 6.39 Å². The molecular formula is C13H10ClN3O2. The molecule has 6 heteroatoms. The van der Waals surface area contributed by atoms with Crippen LogP contribution in [0.15, 0.2) is 29.0 Å². The summed E-state index contributed by atoms with van der Waals surface area (Å²) in [6.07, 6.45) is 2.05. The van der Waals surface area contributed by atoms with E-state index in [-0.39, 0.29) is 0 Å². The lowest BCUT2D eigenvalue weighted by molar-refractivity contribution is 0.112. The van der Waals surface area contributed by atoms with Gasteiger partial charge in [-0.05, 0) is 19.1 Å².